The molecule has 7 heteroatoms. The van der Waals surface area contributed by atoms with E-state index >= 15 is 0 Å². The van der Waals surface area contributed by atoms with Crippen LogP contribution in [-0.4, -0.2) is 42.5 Å². The van der Waals surface area contributed by atoms with Gasteiger partial charge in [0.1, 0.15) is 5.75 Å². The summed E-state index contributed by atoms with van der Waals surface area (Å²) in [7, 11) is 0. The SMILES string of the molecule is CCOc1ccc(CN2CCNC(=O)[C@H]2CC(=O)NCc2ccoc2)cc1. The second-order valence-corrected chi connectivity index (χ2v) is 6.47. The van der Waals surface area contributed by atoms with E-state index in [2.05, 4.69) is 10.6 Å². The van der Waals surface area contributed by atoms with Crippen LogP contribution >= 0.6 is 0 Å². The van der Waals surface area contributed by atoms with Crippen molar-refractivity contribution in [3.05, 3.63) is 54.0 Å². The van der Waals surface area contributed by atoms with Crippen molar-refractivity contribution >= 4 is 11.8 Å². The molecule has 7 nitrogen and oxygen atoms in total. The zero-order valence-electron chi connectivity index (χ0n) is 15.4. The lowest BCUT2D eigenvalue weighted by atomic mass is 10.1. The first-order valence-corrected chi connectivity index (χ1v) is 9.17. The predicted octanol–water partition coefficient (Wildman–Crippen LogP) is 1.69. The van der Waals surface area contributed by atoms with Gasteiger partial charge in [0.2, 0.25) is 11.8 Å². The number of hydrogen-bond donors (Lipinski definition) is 2. The second kappa shape index (κ2) is 9.23. The van der Waals surface area contributed by atoms with Crippen LogP contribution in [0.15, 0.2) is 47.3 Å². The lowest BCUT2D eigenvalue weighted by molar-refractivity contribution is -0.134. The molecule has 27 heavy (non-hydrogen) atoms. The highest BCUT2D eigenvalue weighted by Gasteiger charge is 2.31. The number of nitrogens with zero attached hydrogens (tertiary/aromatic N) is 1. The Morgan fingerprint density at radius 3 is 2.81 bits per heavy atom. The van der Waals surface area contributed by atoms with Gasteiger partial charge < -0.3 is 19.8 Å². The standard InChI is InChI=1S/C20H25N3O4/c1-2-27-17-5-3-15(4-6-17)13-23-9-8-21-20(25)18(23)11-19(24)22-12-16-7-10-26-14-16/h3-7,10,14,18H,2,8-9,11-13H2,1H3,(H,21,25)(H,22,24)/t18-/m1/s1. The lowest BCUT2D eigenvalue weighted by Gasteiger charge is -2.34. The first-order valence-electron chi connectivity index (χ1n) is 9.17. The van der Waals surface area contributed by atoms with E-state index in [0.717, 1.165) is 16.9 Å². The highest BCUT2D eigenvalue weighted by atomic mass is 16.5. The Balaban J connectivity index is 1.58. The fraction of sp³-hybridized carbons (Fsp3) is 0.400. The van der Waals surface area contributed by atoms with Gasteiger partial charge in [-0.2, -0.15) is 0 Å². The van der Waals surface area contributed by atoms with Crippen LogP contribution in [0.25, 0.3) is 0 Å². The molecule has 1 aromatic heterocycles. The summed E-state index contributed by atoms with van der Waals surface area (Å²) in [4.78, 5) is 26.7. The summed E-state index contributed by atoms with van der Waals surface area (Å²) in [5.41, 5.74) is 1.97. The van der Waals surface area contributed by atoms with Gasteiger partial charge in [0.15, 0.2) is 0 Å². The Kier molecular flexibility index (Phi) is 6.49. The number of ether oxygens (including phenoxy) is 1. The Hall–Kier alpha value is -2.80. The molecule has 0 radical (unpaired) electrons. The van der Waals surface area contributed by atoms with Gasteiger partial charge in [-0.05, 0) is 30.7 Å². The number of furan rings is 1. The fourth-order valence-corrected chi connectivity index (χ4v) is 3.11. The van der Waals surface area contributed by atoms with E-state index in [1.807, 2.05) is 36.1 Å². The summed E-state index contributed by atoms with van der Waals surface area (Å²) in [5.74, 6) is 0.563. The maximum Gasteiger partial charge on any atom is 0.237 e. The van der Waals surface area contributed by atoms with Crippen molar-refractivity contribution in [2.45, 2.75) is 32.5 Å². The summed E-state index contributed by atoms with van der Waals surface area (Å²) in [6.07, 6.45) is 3.28. The van der Waals surface area contributed by atoms with Gasteiger partial charge in [-0.1, -0.05) is 12.1 Å². The molecular formula is C20H25N3O4. The highest BCUT2D eigenvalue weighted by molar-refractivity contribution is 5.88. The van der Waals surface area contributed by atoms with Crippen molar-refractivity contribution in [2.24, 2.45) is 0 Å². The molecule has 1 fully saturated rings. The minimum absolute atomic E-state index is 0.106. The van der Waals surface area contributed by atoms with E-state index in [4.69, 9.17) is 9.15 Å². The lowest BCUT2D eigenvalue weighted by Crippen LogP contribution is -2.56. The molecule has 0 spiro atoms. The van der Waals surface area contributed by atoms with Crippen LogP contribution in [0.2, 0.25) is 0 Å². The largest absolute Gasteiger partial charge is 0.494 e. The van der Waals surface area contributed by atoms with E-state index in [1.165, 1.54) is 0 Å². The van der Waals surface area contributed by atoms with Crippen LogP contribution in [-0.2, 0) is 22.7 Å². The third-order valence-electron chi connectivity index (χ3n) is 4.51. The molecule has 0 saturated carbocycles. The number of carbonyl (C=O) groups is 2. The van der Waals surface area contributed by atoms with Crippen LogP contribution in [0.3, 0.4) is 0 Å². The Morgan fingerprint density at radius 2 is 2.11 bits per heavy atom. The average molecular weight is 371 g/mol. The topological polar surface area (TPSA) is 83.8 Å². The fourth-order valence-electron chi connectivity index (χ4n) is 3.11. The summed E-state index contributed by atoms with van der Waals surface area (Å²) >= 11 is 0. The number of hydrogen-bond acceptors (Lipinski definition) is 5. The molecule has 1 aliphatic heterocycles. The zero-order chi connectivity index (χ0) is 19.1. The molecule has 0 unspecified atom stereocenters. The van der Waals surface area contributed by atoms with Crippen molar-refractivity contribution in [3.63, 3.8) is 0 Å². The van der Waals surface area contributed by atoms with E-state index in [0.29, 0.717) is 32.8 Å². The number of rotatable bonds is 8. The van der Waals surface area contributed by atoms with Gasteiger partial charge in [0.25, 0.3) is 0 Å². The van der Waals surface area contributed by atoms with Gasteiger partial charge in [0.05, 0.1) is 31.6 Å². The summed E-state index contributed by atoms with van der Waals surface area (Å²) in [6.45, 7) is 4.87. The molecule has 1 aromatic carbocycles. The summed E-state index contributed by atoms with van der Waals surface area (Å²) < 4.78 is 10.5. The Morgan fingerprint density at radius 1 is 1.30 bits per heavy atom. The van der Waals surface area contributed by atoms with Gasteiger partial charge >= 0.3 is 0 Å². The van der Waals surface area contributed by atoms with E-state index in [1.54, 1.807) is 18.6 Å². The Bertz CT molecular complexity index is 743. The molecule has 144 valence electrons. The van der Waals surface area contributed by atoms with E-state index < -0.39 is 6.04 Å². The van der Waals surface area contributed by atoms with Gasteiger partial charge in [-0.25, -0.2) is 0 Å². The molecular weight excluding hydrogens is 346 g/mol. The molecule has 0 bridgehead atoms. The van der Waals surface area contributed by atoms with Crippen LogP contribution in [0.5, 0.6) is 5.75 Å². The molecule has 2 heterocycles. The molecule has 0 aliphatic carbocycles. The van der Waals surface area contributed by atoms with Gasteiger partial charge in [-0.3, -0.25) is 14.5 Å². The first kappa shape index (κ1) is 19.0. The molecule has 3 rings (SSSR count). The zero-order valence-corrected chi connectivity index (χ0v) is 15.4. The minimum Gasteiger partial charge on any atom is -0.494 e. The van der Waals surface area contributed by atoms with E-state index in [-0.39, 0.29) is 18.2 Å². The number of piperazine rings is 1. The first-order chi connectivity index (χ1) is 13.2. The van der Waals surface area contributed by atoms with Crippen molar-refractivity contribution in [3.8, 4) is 5.75 Å². The van der Waals surface area contributed by atoms with Crippen molar-refractivity contribution < 1.29 is 18.7 Å². The van der Waals surface area contributed by atoms with Crippen LogP contribution < -0.4 is 15.4 Å². The van der Waals surface area contributed by atoms with Gasteiger partial charge in [0, 0.05) is 31.7 Å². The normalized spacial score (nSPS) is 17.4. The Labute approximate surface area is 158 Å². The van der Waals surface area contributed by atoms with Gasteiger partial charge in [-0.15, -0.1) is 0 Å². The number of nitrogens with one attached hydrogen (secondary N) is 2. The predicted molar refractivity (Wildman–Crippen MR) is 100.0 cm³/mol. The van der Waals surface area contributed by atoms with E-state index in [9.17, 15) is 9.59 Å². The minimum atomic E-state index is -0.477. The summed E-state index contributed by atoms with van der Waals surface area (Å²) in [6, 6.07) is 9.16. The third-order valence-corrected chi connectivity index (χ3v) is 4.51. The van der Waals surface area contributed by atoms with Crippen LogP contribution in [0.1, 0.15) is 24.5 Å². The second-order valence-electron chi connectivity index (χ2n) is 6.47. The van der Waals surface area contributed by atoms with Crippen LogP contribution in [0.4, 0.5) is 0 Å². The monoisotopic (exact) mass is 371 g/mol. The number of benzene rings is 1. The molecule has 2 aromatic rings. The van der Waals surface area contributed by atoms with Crippen molar-refractivity contribution in [1.82, 2.24) is 15.5 Å². The molecule has 1 saturated heterocycles. The van der Waals surface area contributed by atoms with Crippen molar-refractivity contribution in [1.29, 1.82) is 0 Å². The van der Waals surface area contributed by atoms with Crippen LogP contribution in [0, 0.1) is 0 Å². The summed E-state index contributed by atoms with van der Waals surface area (Å²) in [5, 5.41) is 5.69. The van der Waals surface area contributed by atoms with Crippen molar-refractivity contribution in [2.75, 3.05) is 19.7 Å². The average Bonchev–Trinajstić information content (AvgIpc) is 3.18. The third kappa shape index (κ3) is 5.34. The number of amides is 2. The maximum absolute atomic E-state index is 12.3. The molecule has 2 N–H and O–H groups in total. The molecule has 1 atom stereocenters. The maximum atomic E-state index is 12.3. The highest BCUT2D eigenvalue weighted by Crippen LogP contribution is 2.17. The quantitative estimate of drug-likeness (QED) is 0.738. The smallest absolute Gasteiger partial charge is 0.237 e. The molecule has 1 aliphatic rings. The number of carbonyl (C=O) groups excluding carboxylic acids is 2. The molecule has 2 amide bonds.